The van der Waals surface area contributed by atoms with Crippen molar-refractivity contribution in [2.24, 2.45) is 5.41 Å². The largest absolute Gasteiger partial charge is 0.369 e. The highest BCUT2D eigenvalue weighted by Gasteiger charge is 2.16. The molecule has 33 heavy (non-hydrogen) atoms. The highest BCUT2D eigenvalue weighted by atomic mass is 16.1. The van der Waals surface area contributed by atoms with E-state index in [1.807, 2.05) is 18.2 Å². The Bertz CT molecular complexity index is 968. The third-order valence-electron chi connectivity index (χ3n) is 5.71. The minimum absolute atomic E-state index is 0.0496. The topological polar surface area (TPSA) is 97.2 Å². The lowest BCUT2D eigenvalue weighted by Crippen LogP contribution is -2.46. The van der Waals surface area contributed by atoms with Gasteiger partial charge in [-0.2, -0.15) is 5.26 Å². The van der Waals surface area contributed by atoms with E-state index in [2.05, 4.69) is 70.2 Å². The number of carbonyl (C=O) groups is 1. The number of anilines is 2. The predicted octanol–water partition coefficient (Wildman–Crippen LogP) is 2.81. The van der Waals surface area contributed by atoms with Crippen molar-refractivity contribution in [2.75, 3.05) is 49.5 Å². The van der Waals surface area contributed by atoms with Gasteiger partial charge in [-0.25, -0.2) is 9.97 Å². The summed E-state index contributed by atoms with van der Waals surface area (Å²) in [4.78, 5) is 25.7. The molecule has 0 radical (unpaired) electrons. The Labute approximate surface area is 197 Å². The van der Waals surface area contributed by atoms with E-state index in [1.165, 1.54) is 5.69 Å². The van der Waals surface area contributed by atoms with Gasteiger partial charge in [0.1, 0.15) is 11.9 Å². The van der Waals surface area contributed by atoms with Crippen molar-refractivity contribution in [1.29, 1.82) is 5.26 Å². The second-order valence-corrected chi connectivity index (χ2v) is 9.63. The average molecular weight is 450 g/mol. The van der Waals surface area contributed by atoms with Crippen LogP contribution in [0.15, 0.2) is 30.5 Å². The summed E-state index contributed by atoms with van der Waals surface area (Å²) in [7, 11) is 0. The first-order valence-electron chi connectivity index (χ1n) is 11.6. The summed E-state index contributed by atoms with van der Waals surface area (Å²) < 4.78 is 0. The molecular formula is C25H35N7O. The van der Waals surface area contributed by atoms with Crippen molar-refractivity contribution < 1.29 is 4.79 Å². The maximum absolute atomic E-state index is 12.6. The molecule has 2 heterocycles. The standard InChI is InChI=1S/C25H35N7O/c1-5-31-10-12-32(13-11-31)21-8-6-19(7-9-21)14-23(33)28-17-20-16-27-22(15-26)30-24(20)29-18-25(2,3)4/h6-9,16H,5,10-14,17-18H2,1-4H3,(H,28,33)(H,27,29,30). The van der Waals surface area contributed by atoms with Crippen molar-refractivity contribution >= 4 is 17.4 Å². The Kier molecular flexibility index (Phi) is 8.23. The Hall–Kier alpha value is -3.18. The molecule has 1 aliphatic heterocycles. The quantitative estimate of drug-likeness (QED) is 0.640. The average Bonchev–Trinajstić information content (AvgIpc) is 2.81. The predicted molar refractivity (Wildman–Crippen MR) is 131 cm³/mol. The van der Waals surface area contributed by atoms with Gasteiger partial charge in [-0.05, 0) is 29.7 Å². The molecule has 0 spiro atoms. The molecule has 2 aromatic rings. The molecule has 1 aliphatic rings. The molecule has 8 heteroatoms. The summed E-state index contributed by atoms with van der Waals surface area (Å²) in [5.74, 6) is 0.632. The molecule has 1 saturated heterocycles. The van der Waals surface area contributed by atoms with Crippen molar-refractivity contribution in [3.8, 4) is 6.07 Å². The third kappa shape index (κ3) is 7.43. The van der Waals surface area contributed by atoms with Crippen LogP contribution in [-0.4, -0.2) is 60.0 Å². The second kappa shape index (κ2) is 11.1. The Balaban J connectivity index is 1.54. The third-order valence-corrected chi connectivity index (χ3v) is 5.71. The summed E-state index contributed by atoms with van der Waals surface area (Å²) in [6.45, 7) is 14.9. The maximum Gasteiger partial charge on any atom is 0.234 e. The molecule has 176 valence electrons. The first-order valence-corrected chi connectivity index (χ1v) is 11.6. The normalized spacial score (nSPS) is 14.6. The summed E-state index contributed by atoms with van der Waals surface area (Å²) in [5.41, 5.74) is 2.99. The molecule has 1 aromatic heterocycles. The fourth-order valence-corrected chi connectivity index (χ4v) is 3.68. The summed E-state index contributed by atoms with van der Waals surface area (Å²) in [5, 5.41) is 15.3. The number of hydrogen-bond acceptors (Lipinski definition) is 7. The van der Waals surface area contributed by atoms with Gasteiger partial charge in [0.25, 0.3) is 0 Å². The number of nitriles is 1. The molecule has 2 N–H and O–H groups in total. The number of rotatable bonds is 8. The first-order chi connectivity index (χ1) is 15.8. The highest BCUT2D eigenvalue weighted by molar-refractivity contribution is 5.78. The highest BCUT2D eigenvalue weighted by Crippen LogP contribution is 2.19. The molecule has 0 bridgehead atoms. The number of nitrogens with one attached hydrogen (secondary N) is 2. The fourth-order valence-electron chi connectivity index (χ4n) is 3.68. The van der Waals surface area contributed by atoms with Crippen LogP contribution in [-0.2, 0) is 17.8 Å². The number of piperazine rings is 1. The van der Waals surface area contributed by atoms with E-state index >= 15 is 0 Å². The fraction of sp³-hybridized carbons (Fsp3) is 0.520. The van der Waals surface area contributed by atoms with Crippen LogP contribution < -0.4 is 15.5 Å². The van der Waals surface area contributed by atoms with Crippen molar-refractivity contribution in [3.05, 3.63) is 47.4 Å². The van der Waals surface area contributed by atoms with Crippen LogP contribution in [0.4, 0.5) is 11.5 Å². The molecule has 8 nitrogen and oxygen atoms in total. The van der Waals surface area contributed by atoms with E-state index in [1.54, 1.807) is 6.20 Å². The SMILES string of the molecule is CCN1CCN(c2ccc(CC(=O)NCc3cnc(C#N)nc3NCC(C)(C)C)cc2)CC1. The van der Waals surface area contributed by atoms with Gasteiger partial charge in [-0.1, -0.05) is 39.8 Å². The number of nitrogens with zero attached hydrogens (tertiary/aromatic N) is 5. The van der Waals surface area contributed by atoms with Gasteiger partial charge in [-0.3, -0.25) is 4.79 Å². The van der Waals surface area contributed by atoms with E-state index in [0.717, 1.165) is 43.9 Å². The van der Waals surface area contributed by atoms with Crippen LogP contribution in [0.25, 0.3) is 0 Å². The lowest BCUT2D eigenvalue weighted by Gasteiger charge is -2.35. The first kappa shape index (κ1) is 24.5. The van der Waals surface area contributed by atoms with E-state index in [0.29, 0.717) is 25.3 Å². The van der Waals surface area contributed by atoms with Crippen LogP contribution in [0.1, 0.15) is 44.6 Å². The summed E-state index contributed by atoms with van der Waals surface area (Å²) in [6, 6.07) is 10.2. The summed E-state index contributed by atoms with van der Waals surface area (Å²) >= 11 is 0. The molecule has 0 saturated carbocycles. The Morgan fingerprint density at radius 2 is 1.85 bits per heavy atom. The minimum atomic E-state index is -0.0644. The number of aromatic nitrogens is 2. The van der Waals surface area contributed by atoms with E-state index in [4.69, 9.17) is 5.26 Å². The van der Waals surface area contributed by atoms with Crippen LogP contribution in [0.3, 0.4) is 0 Å². The van der Waals surface area contributed by atoms with Crippen LogP contribution in [0, 0.1) is 16.7 Å². The Morgan fingerprint density at radius 1 is 1.15 bits per heavy atom. The molecule has 0 atom stereocenters. The number of carbonyl (C=O) groups excluding carboxylic acids is 1. The number of likely N-dealkylation sites (N-methyl/N-ethyl adjacent to an activating group) is 1. The van der Waals surface area contributed by atoms with E-state index < -0.39 is 0 Å². The molecule has 1 aromatic carbocycles. The molecule has 1 fully saturated rings. The Morgan fingerprint density at radius 3 is 2.45 bits per heavy atom. The van der Waals surface area contributed by atoms with Crippen LogP contribution >= 0.6 is 0 Å². The van der Waals surface area contributed by atoms with E-state index in [-0.39, 0.29) is 17.1 Å². The molecule has 0 aliphatic carbocycles. The van der Waals surface area contributed by atoms with Crippen LogP contribution in [0.5, 0.6) is 0 Å². The van der Waals surface area contributed by atoms with Gasteiger partial charge in [0, 0.05) is 56.7 Å². The van der Waals surface area contributed by atoms with E-state index in [9.17, 15) is 4.79 Å². The zero-order valence-electron chi connectivity index (χ0n) is 20.2. The molecule has 0 unspecified atom stereocenters. The lowest BCUT2D eigenvalue weighted by atomic mass is 9.97. The van der Waals surface area contributed by atoms with Crippen molar-refractivity contribution in [3.63, 3.8) is 0 Å². The smallest absolute Gasteiger partial charge is 0.234 e. The van der Waals surface area contributed by atoms with Gasteiger partial charge in [0.15, 0.2) is 0 Å². The van der Waals surface area contributed by atoms with Gasteiger partial charge >= 0.3 is 0 Å². The molecule has 3 rings (SSSR count). The van der Waals surface area contributed by atoms with Crippen LogP contribution in [0.2, 0.25) is 0 Å². The second-order valence-electron chi connectivity index (χ2n) is 9.63. The van der Waals surface area contributed by atoms with Gasteiger partial charge in [0.05, 0.1) is 6.42 Å². The number of benzene rings is 1. The monoisotopic (exact) mass is 449 g/mol. The van der Waals surface area contributed by atoms with Gasteiger partial charge in [-0.15, -0.1) is 0 Å². The van der Waals surface area contributed by atoms with Crippen molar-refractivity contribution in [2.45, 2.75) is 40.7 Å². The molecule has 1 amide bonds. The molecular weight excluding hydrogens is 414 g/mol. The van der Waals surface area contributed by atoms with Gasteiger partial charge in [0.2, 0.25) is 11.7 Å². The number of amides is 1. The number of hydrogen-bond donors (Lipinski definition) is 2. The van der Waals surface area contributed by atoms with Crippen molar-refractivity contribution in [1.82, 2.24) is 20.2 Å². The summed E-state index contributed by atoms with van der Waals surface area (Å²) in [6.07, 6.45) is 1.91. The maximum atomic E-state index is 12.6. The minimum Gasteiger partial charge on any atom is -0.369 e. The lowest BCUT2D eigenvalue weighted by molar-refractivity contribution is -0.120. The zero-order valence-corrected chi connectivity index (χ0v) is 20.2. The van der Waals surface area contributed by atoms with Gasteiger partial charge < -0.3 is 20.4 Å². The zero-order chi connectivity index (χ0) is 23.8.